The lowest BCUT2D eigenvalue weighted by Gasteiger charge is -2.25. The SMILES string of the molecule is CCOc1cccc(N(C)C(C)CC(N)=S)n1. The molecular weight excluding hydrogens is 234 g/mol. The highest BCUT2D eigenvalue weighted by Crippen LogP contribution is 2.17. The van der Waals surface area contributed by atoms with E-state index in [2.05, 4.69) is 11.9 Å². The minimum atomic E-state index is 0.219. The third-order valence-corrected chi connectivity index (χ3v) is 2.69. The Hall–Kier alpha value is -1.36. The van der Waals surface area contributed by atoms with Crippen molar-refractivity contribution >= 4 is 23.0 Å². The van der Waals surface area contributed by atoms with Gasteiger partial charge in [0.15, 0.2) is 0 Å². The molecule has 1 aromatic rings. The van der Waals surface area contributed by atoms with E-state index in [1.165, 1.54) is 0 Å². The van der Waals surface area contributed by atoms with Crippen molar-refractivity contribution in [1.29, 1.82) is 0 Å². The molecule has 0 radical (unpaired) electrons. The Kier molecular flexibility index (Phi) is 5.15. The fraction of sp³-hybridized carbons (Fsp3) is 0.500. The van der Waals surface area contributed by atoms with Crippen LogP contribution in [-0.2, 0) is 0 Å². The molecule has 94 valence electrons. The van der Waals surface area contributed by atoms with Crippen LogP contribution in [0.4, 0.5) is 5.82 Å². The average molecular weight is 253 g/mol. The summed E-state index contributed by atoms with van der Waals surface area (Å²) < 4.78 is 5.37. The highest BCUT2D eigenvalue weighted by atomic mass is 32.1. The second-order valence-corrected chi connectivity index (χ2v) is 4.42. The summed E-state index contributed by atoms with van der Waals surface area (Å²) in [7, 11) is 1.97. The predicted molar refractivity (Wildman–Crippen MR) is 74.7 cm³/mol. The Morgan fingerprint density at radius 1 is 1.59 bits per heavy atom. The molecule has 0 amide bonds. The molecule has 5 heteroatoms. The van der Waals surface area contributed by atoms with Crippen molar-refractivity contribution in [1.82, 2.24) is 4.98 Å². The molecule has 0 fully saturated rings. The summed E-state index contributed by atoms with van der Waals surface area (Å²) in [4.78, 5) is 6.97. The lowest BCUT2D eigenvalue weighted by Crippen LogP contribution is -2.33. The highest BCUT2D eigenvalue weighted by Gasteiger charge is 2.12. The third kappa shape index (κ3) is 4.19. The molecule has 0 spiro atoms. The number of anilines is 1. The van der Waals surface area contributed by atoms with Gasteiger partial charge in [0.2, 0.25) is 5.88 Å². The molecule has 1 rings (SSSR count). The van der Waals surface area contributed by atoms with Gasteiger partial charge < -0.3 is 15.4 Å². The van der Waals surface area contributed by atoms with Crippen molar-refractivity contribution in [3.63, 3.8) is 0 Å². The van der Waals surface area contributed by atoms with Crippen LogP contribution in [0, 0.1) is 0 Å². The number of hydrogen-bond acceptors (Lipinski definition) is 4. The quantitative estimate of drug-likeness (QED) is 0.786. The zero-order valence-electron chi connectivity index (χ0n) is 10.5. The van der Waals surface area contributed by atoms with Crippen LogP contribution < -0.4 is 15.4 Å². The first-order chi connectivity index (χ1) is 8.04. The topological polar surface area (TPSA) is 51.4 Å². The average Bonchev–Trinajstić information content (AvgIpc) is 2.28. The van der Waals surface area contributed by atoms with E-state index in [1.807, 2.05) is 37.1 Å². The fourth-order valence-electron chi connectivity index (χ4n) is 1.48. The summed E-state index contributed by atoms with van der Waals surface area (Å²) in [5.74, 6) is 1.50. The van der Waals surface area contributed by atoms with E-state index in [1.54, 1.807) is 0 Å². The van der Waals surface area contributed by atoms with Crippen molar-refractivity contribution in [3.8, 4) is 5.88 Å². The van der Waals surface area contributed by atoms with Crippen molar-refractivity contribution < 1.29 is 4.74 Å². The molecule has 1 atom stereocenters. The Labute approximate surface area is 108 Å². The first-order valence-electron chi connectivity index (χ1n) is 5.65. The molecule has 2 N–H and O–H groups in total. The second kappa shape index (κ2) is 6.39. The number of hydrogen-bond donors (Lipinski definition) is 1. The first-order valence-corrected chi connectivity index (χ1v) is 6.06. The molecule has 1 aromatic heterocycles. The van der Waals surface area contributed by atoms with Gasteiger partial charge in [0, 0.05) is 25.6 Å². The maximum atomic E-state index is 5.55. The standard InChI is InChI=1S/C12H19N3OS/c1-4-16-12-7-5-6-11(14-12)15(3)9(2)8-10(13)17/h5-7,9H,4,8H2,1-3H3,(H2,13,17). The molecule has 0 aliphatic carbocycles. The number of ether oxygens (including phenoxy) is 1. The lowest BCUT2D eigenvalue weighted by molar-refractivity contribution is 0.327. The predicted octanol–water partition coefficient (Wildman–Crippen LogP) is 1.98. The Bertz CT molecular complexity index is 384. The Balaban J connectivity index is 2.76. The maximum Gasteiger partial charge on any atom is 0.215 e. The van der Waals surface area contributed by atoms with Crippen LogP contribution in [0.25, 0.3) is 0 Å². The second-order valence-electron chi connectivity index (χ2n) is 3.90. The molecule has 0 bridgehead atoms. The van der Waals surface area contributed by atoms with Crippen molar-refractivity contribution in [2.24, 2.45) is 5.73 Å². The Morgan fingerprint density at radius 2 is 2.29 bits per heavy atom. The van der Waals surface area contributed by atoms with Gasteiger partial charge in [-0.05, 0) is 19.9 Å². The summed E-state index contributed by atoms with van der Waals surface area (Å²) >= 11 is 4.91. The summed E-state index contributed by atoms with van der Waals surface area (Å²) in [5, 5.41) is 0. The number of thiocarbonyl (C=S) groups is 1. The molecule has 17 heavy (non-hydrogen) atoms. The van der Waals surface area contributed by atoms with Gasteiger partial charge in [-0.3, -0.25) is 0 Å². The molecule has 4 nitrogen and oxygen atoms in total. The molecule has 0 aromatic carbocycles. The lowest BCUT2D eigenvalue weighted by atomic mass is 10.2. The molecule has 0 aliphatic rings. The van der Waals surface area contributed by atoms with E-state index in [0.717, 1.165) is 5.82 Å². The Morgan fingerprint density at radius 3 is 2.88 bits per heavy atom. The van der Waals surface area contributed by atoms with Crippen LogP contribution in [0.3, 0.4) is 0 Å². The van der Waals surface area contributed by atoms with Crippen LogP contribution in [0.5, 0.6) is 5.88 Å². The van der Waals surface area contributed by atoms with Gasteiger partial charge in [-0.2, -0.15) is 4.98 Å². The highest BCUT2D eigenvalue weighted by molar-refractivity contribution is 7.80. The zero-order valence-corrected chi connectivity index (χ0v) is 11.3. The van der Waals surface area contributed by atoms with Gasteiger partial charge >= 0.3 is 0 Å². The van der Waals surface area contributed by atoms with Gasteiger partial charge in [-0.25, -0.2) is 0 Å². The largest absolute Gasteiger partial charge is 0.478 e. The number of nitrogens with zero attached hydrogens (tertiary/aromatic N) is 2. The zero-order chi connectivity index (χ0) is 12.8. The third-order valence-electron chi connectivity index (χ3n) is 2.52. The minimum Gasteiger partial charge on any atom is -0.478 e. The minimum absolute atomic E-state index is 0.219. The monoisotopic (exact) mass is 253 g/mol. The maximum absolute atomic E-state index is 5.55. The van der Waals surface area contributed by atoms with Crippen molar-refractivity contribution in [2.45, 2.75) is 26.3 Å². The molecular formula is C12H19N3OS. The van der Waals surface area contributed by atoms with E-state index in [4.69, 9.17) is 22.7 Å². The van der Waals surface area contributed by atoms with Crippen LogP contribution in [0.2, 0.25) is 0 Å². The van der Waals surface area contributed by atoms with Gasteiger partial charge in [0.25, 0.3) is 0 Å². The first kappa shape index (κ1) is 13.7. The van der Waals surface area contributed by atoms with Crippen LogP contribution in [-0.4, -0.2) is 29.7 Å². The summed E-state index contributed by atoms with van der Waals surface area (Å²) in [6.45, 7) is 4.62. The van der Waals surface area contributed by atoms with Crippen molar-refractivity contribution in [3.05, 3.63) is 18.2 Å². The van der Waals surface area contributed by atoms with E-state index in [9.17, 15) is 0 Å². The molecule has 0 aliphatic heterocycles. The van der Waals surface area contributed by atoms with E-state index >= 15 is 0 Å². The van der Waals surface area contributed by atoms with Gasteiger partial charge in [0.05, 0.1) is 11.6 Å². The summed E-state index contributed by atoms with van der Waals surface area (Å²) in [5.41, 5.74) is 5.55. The van der Waals surface area contributed by atoms with Gasteiger partial charge in [0.1, 0.15) is 5.82 Å². The summed E-state index contributed by atoms with van der Waals surface area (Å²) in [6, 6.07) is 5.94. The smallest absolute Gasteiger partial charge is 0.215 e. The summed E-state index contributed by atoms with van der Waals surface area (Å²) in [6.07, 6.45) is 0.673. The number of nitrogens with two attached hydrogens (primary N) is 1. The molecule has 1 unspecified atom stereocenters. The number of pyridine rings is 1. The van der Waals surface area contributed by atoms with Crippen molar-refractivity contribution in [2.75, 3.05) is 18.6 Å². The van der Waals surface area contributed by atoms with E-state index < -0.39 is 0 Å². The van der Waals surface area contributed by atoms with E-state index in [-0.39, 0.29) is 6.04 Å². The molecule has 0 saturated heterocycles. The molecule has 1 heterocycles. The van der Waals surface area contributed by atoms with Gasteiger partial charge in [-0.1, -0.05) is 18.3 Å². The number of aromatic nitrogens is 1. The number of rotatable bonds is 6. The normalized spacial score (nSPS) is 11.9. The van der Waals surface area contributed by atoms with Crippen LogP contribution >= 0.6 is 12.2 Å². The van der Waals surface area contributed by atoms with Crippen LogP contribution in [0.1, 0.15) is 20.3 Å². The molecule has 0 saturated carbocycles. The fourth-order valence-corrected chi connectivity index (χ4v) is 1.72. The van der Waals surface area contributed by atoms with Crippen LogP contribution in [0.15, 0.2) is 18.2 Å². The van der Waals surface area contributed by atoms with Gasteiger partial charge in [-0.15, -0.1) is 0 Å². The van der Waals surface area contributed by atoms with E-state index in [0.29, 0.717) is 23.9 Å².